The van der Waals surface area contributed by atoms with Gasteiger partial charge in [-0.15, -0.1) is 11.3 Å². The van der Waals surface area contributed by atoms with Crippen LogP contribution in [0.1, 0.15) is 35.2 Å². The third-order valence-corrected chi connectivity index (χ3v) is 4.72. The van der Waals surface area contributed by atoms with Gasteiger partial charge in [0.1, 0.15) is 0 Å². The van der Waals surface area contributed by atoms with Gasteiger partial charge in [-0.1, -0.05) is 37.3 Å². The number of hydrogen-bond acceptors (Lipinski definition) is 5. The summed E-state index contributed by atoms with van der Waals surface area (Å²) in [5.41, 5.74) is 1.75. The zero-order valence-electron chi connectivity index (χ0n) is 15.1. The van der Waals surface area contributed by atoms with Crippen LogP contribution in [-0.2, 0) is 17.8 Å². The molecule has 0 fully saturated rings. The number of carbonyl (C=O) groups excluding carboxylic acids is 2. The van der Waals surface area contributed by atoms with Crippen molar-refractivity contribution >= 4 is 28.3 Å². The Morgan fingerprint density at radius 3 is 2.70 bits per heavy atom. The van der Waals surface area contributed by atoms with Gasteiger partial charge >= 0.3 is 0 Å². The van der Waals surface area contributed by atoms with E-state index in [1.165, 1.54) is 17.6 Å². The lowest BCUT2D eigenvalue weighted by atomic mass is 10.2. The van der Waals surface area contributed by atoms with E-state index in [0.717, 1.165) is 12.0 Å². The lowest BCUT2D eigenvalue weighted by Crippen LogP contribution is -2.32. The number of anilines is 1. The van der Waals surface area contributed by atoms with Crippen molar-refractivity contribution in [2.24, 2.45) is 0 Å². The van der Waals surface area contributed by atoms with Crippen LogP contribution >= 0.6 is 11.3 Å². The van der Waals surface area contributed by atoms with E-state index in [0.29, 0.717) is 23.9 Å². The maximum absolute atomic E-state index is 12.7. The molecule has 3 aromatic rings. The van der Waals surface area contributed by atoms with Crippen LogP contribution in [0.5, 0.6) is 0 Å². The number of hydrogen-bond donors (Lipinski definition) is 1. The van der Waals surface area contributed by atoms with E-state index in [9.17, 15) is 9.59 Å². The molecule has 7 heteroatoms. The third-order valence-electron chi connectivity index (χ3n) is 3.91. The summed E-state index contributed by atoms with van der Waals surface area (Å²) in [7, 11) is 0. The van der Waals surface area contributed by atoms with Crippen LogP contribution in [0.15, 0.2) is 58.5 Å². The van der Waals surface area contributed by atoms with Crippen molar-refractivity contribution in [3.05, 3.63) is 71.1 Å². The van der Waals surface area contributed by atoms with Gasteiger partial charge < -0.3 is 9.32 Å². The first kappa shape index (κ1) is 18.8. The van der Waals surface area contributed by atoms with Crippen molar-refractivity contribution in [2.75, 3.05) is 11.9 Å². The molecule has 6 nitrogen and oxygen atoms in total. The van der Waals surface area contributed by atoms with E-state index in [2.05, 4.69) is 17.2 Å². The first-order valence-electron chi connectivity index (χ1n) is 8.76. The number of thiazole rings is 1. The summed E-state index contributed by atoms with van der Waals surface area (Å²) in [6, 6.07) is 13.2. The Morgan fingerprint density at radius 2 is 2.00 bits per heavy atom. The quantitative estimate of drug-likeness (QED) is 0.639. The Balaban J connectivity index is 1.60. The smallest absolute Gasteiger partial charge is 0.293 e. The van der Waals surface area contributed by atoms with E-state index < -0.39 is 0 Å². The molecule has 0 unspecified atom stereocenters. The van der Waals surface area contributed by atoms with E-state index in [4.69, 9.17) is 4.42 Å². The minimum atomic E-state index is -0.357. The molecule has 0 saturated heterocycles. The highest BCUT2D eigenvalue weighted by Gasteiger charge is 2.17. The Kier molecular flexibility index (Phi) is 6.38. The predicted octanol–water partition coefficient (Wildman–Crippen LogP) is 3.97. The summed E-state index contributed by atoms with van der Waals surface area (Å²) in [4.78, 5) is 30.9. The summed E-state index contributed by atoms with van der Waals surface area (Å²) in [5.74, 6) is -0.112. The number of benzene rings is 1. The molecular weight excluding hydrogens is 362 g/mol. The monoisotopic (exact) mass is 383 g/mol. The number of nitrogens with zero attached hydrogens (tertiary/aromatic N) is 2. The van der Waals surface area contributed by atoms with Crippen LogP contribution in [0.3, 0.4) is 0 Å². The summed E-state index contributed by atoms with van der Waals surface area (Å²) in [6.07, 6.45) is 2.54. The highest BCUT2D eigenvalue weighted by molar-refractivity contribution is 7.14. The minimum absolute atomic E-state index is 0.0231. The lowest BCUT2D eigenvalue weighted by Gasteiger charge is -2.22. The lowest BCUT2D eigenvalue weighted by molar-refractivity contribution is -0.131. The molecule has 1 aromatic carbocycles. The maximum Gasteiger partial charge on any atom is 0.293 e. The second kappa shape index (κ2) is 9.14. The highest BCUT2D eigenvalue weighted by Crippen LogP contribution is 2.18. The average Bonchev–Trinajstić information content (AvgIpc) is 3.34. The molecule has 0 aliphatic carbocycles. The SMILES string of the molecule is CCCN(Cc1ccccc1)C(=O)Cc1csc(NC(=O)c2ccco2)n1. The number of furan rings is 1. The fourth-order valence-corrected chi connectivity index (χ4v) is 3.35. The van der Waals surface area contributed by atoms with Crippen molar-refractivity contribution in [3.63, 3.8) is 0 Å². The molecular formula is C20H21N3O3S. The van der Waals surface area contributed by atoms with Crippen LogP contribution in [-0.4, -0.2) is 28.2 Å². The molecule has 0 saturated carbocycles. The van der Waals surface area contributed by atoms with Crippen molar-refractivity contribution in [1.29, 1.82) is 0 Å². The van der Waals surface area contributed by atoms with Crippen LogP contribution in [0.25, 0.3) is 0 Å². The molecule has 140 valence electrons. The van der Waals surface area contributed by atoms with Gasteiger partial charge in [-0.2, -0.15) is 0 Å². The van der Waals surface area contributed by atoms with Crippen LogP contribution in [0, 0.1) is 0 Å². The number of nitrogens with one attached hydrogen (secondary N) is 1. The van der Waals surface area contributed by atoms with Gasteiger partial charge in [0.05, 0.1) is 18.4 Å². The molecule has 2 aromatic heterocycles. The van der Waals surface area contributed by atoms with Crippen molar-refractivity contribution in [1.82, 2.24) is 9.88 Å². The molecule has 0 aliphatic rings. The van der Waals surface area contributed by atoms with Crippen molar-refractivity contribution in [3.8, 4) is 0 Å². The molecule has 27 heavy (non-hydrogen) atoms. The second-order valence-electron chi connectivity index (χ2n) is 6.05. The van der Waals surface area contributed by atoms with Gasteiger partial charge in [-0.25, -0.2) is 4.98 Å². The molecule has 0 aliphatic heterocycles. The van der Waals surface area contributed by atoms with Gasteiger partial charge in [0, 0.05) is 18.5 Å². The standard InChI is InChI=1S/C20H21N3O3S/c1-2-10-23(13-15-7-4-3-5-8-15)18(24)12-16-14-27-20(21-16)22-19(25)17-9-6-11-26-17/h3-9,11,14H,2,10,12-13H2,1H3,(H,21,22,25). The van der Waals surface area contributed by atoms with Crippen LogP contribution in [0.2, 0.25) is 0 Å². The first-order valence-corrected chi connectivity index (χ1v) is 9.64. The fraction of sp³-hybridized carbons (Fsp3) is 0.250. The topological polar surface area (TPSA) is 75.4 Å². The molecule has 0 radical (unpaired) electrons. The largest absolute Gasteiger partial charge is 0.459 e. The molecule has 3 rings (SSSR count). The maximum atomic E-state index is 12.7. The molecule has 0 atom stereocenters. The minimum Gasteiger partial charge on any atom is -0.459 e. The van der Waals surface area contributed by atoms with Gasteiger partial charge in [0.15, 0.2) is 10.9 Å². The predicted molar refractivity (Wildman–Crippen MR) is 105 cm³/mol. The molecule has 0 bridgehead atoms. The van der Waals surface area contributed by atoms with Gasteiger partial charge in [-0.05, 0) is 24.1 Å². The molecule has 2 heterocycles. The van der Waals surface area contributed by atoms with Crippen molar-refractivity contribution < 1.29 is 14.0 Å². The zero-order chi connectivity index (χ0) is 19.1. The normalized spacial score (nSPS) is 10.6. The molecule has 2 amide bonds. The first-order chi connectivity index (χ1) is 13.2. The fourth-order valence-electron chi connectivity index (χ4n) is 2.64. The van der Waals surface area contributed by atoms with Crippen LogP contribution < -0.4 is 5.32 Å². The Bertz CT molecular complexity index is 875. The summed E-state index contributed by atoms with van der Waals surface area (Å²) in [6.45, 7) is 3.33. The number of amides is 2. The Labute approximate surface area is 161 Å². The van der Waals surface area contributed by atoms with Crippen molar-refractivity contribution in [2.45, 2.75) is 26.3 Å². The van der Waals surface area contributed by atoms with Gasteiger partial charge in [0.25, 0.3) is 5.91 Å². The van der Waals surface area contributed by atoms with E-state index in [-0.39, 0.29) is 24.0 Å². The second-order valence-corrected chi connectivity index (χ2v) is 6.91. The summed E-state index contributed by atoms with van der Waals surface area (Å²) < 4.78 is 5.06. The number of carbonyl (C=O) groups is 2. The Hall–Kier alpha value is -2.93. The summed E-state index contributed by atoms with van der Waals surface area (Å²) >= 11 is 1.29. The summed E-state index contributed by atoms with van der Waals surface area (Å²) in [5, 5.41) is 4.92. The zero-order valence-corrected chi connectivity index (χ0v) is 15.9. The Morgan fingerprint density at radius 1 is 1.19 bits per heavy atom. The van der Waals surface area contributed by atoms with Gasteiger partial charge in [-0.3, -0.25) is 14.9 Å². The van der Waals surface area contributed by atoms with E-state index >= 15 is 0 Å². The molecule has 1 N–H and O–H groups in total. The van der Waals surface area contributed by atoms with Crippen LogP contribution in [0.4, 0.5) is 5.13 Å². The number of rotatable bonds is 8. The van der Waals surface area contributed by atoms with E-state index in [1.54, 1.807) is 17.5 Å². The molecule has 0 spiro atoms. The highest BCUT2D eigenvalue weighted by atomic mass is 32.1. The number of aromatic nitrogens is 1. The van der Waals surface area contributed by atoms with E-state index in [1.807, 2.05) is 35.2 Å². The average molecular weight is 383 g/mol. The van der Waals surface area contributed by atoms with Gasteiger partial charge in [0.2, 0.25) is 5.91 Å². The third kappa shape index (κ3) is 5.27.